The van der Waals surface area contributed by atoms with Crippen LogP contribution in [-0.4, -0.2) is 17.5 Å². The minimum Gasteiger partial charge on any atom is -0.330 e. The maximum atomic E-state index is 12.3. The molecule has 0 saturated carbocycles. The SMILES string of the molecule is C=C1CCC(C2C(=O)c3ccccc3C2=O)C(=O)N1. The summed E-state index contributed by atoms with van der Waals surface area (Å²) in [6.45, 7) is 3.70. The Labute approximate surface area is 110 Å². The first-order valence-corrected chi connectivity index (χ1v) is 6.25. The van der Waals surface area contributed by atoms with E-state index in [-0.39, 0.29) is 17.5 Å². The molecule has 4 heteroatoms. The standard InChI is InChI=1S/C15H13NO3/c1-8-6-7-11(15(19)16-8)12-13(17)9-4-2-3-5-10(9)14(12)18/h2-5,11-12H,1,6-7H2,(H,16,19). The highest BCUT2D eigenvalue weighted by Crippen LogP contribution is 2.35. The third kappa shape index (κ3) is 1.71. The molecule has 0 radical (unpaired) electrons. The van der Waals surface area contributed by atoms with Gasteiger partial charge in [-0.3, -0.25) is 14.4 Å². The summed E-state index contributed by atoms with van der Waals surface area (Å²) in [4.78, 5) is 36.6. The Kier molecular flexibility index (Phi) is 2.59. The number of amides is 1. The number of benzene rings is 1. The highest BCUT2D eigenvalue weighted by Gasteiger charge is 2.46. The topological polar surface area (TPSA) is 63.2 Å². The van der Waals surface area contributed by atoms with Crippen LogP contribution in [0.1, 0.15) is 33.6 Å². The Morgan fingerprint density at radius 2 is 1.63 bits per heavy atom. The summed E-state index contributed by atoms with van der Waals surface area (Å²) in [6, 6.07) is 6.76. The molecule has 1 heterocycles. The van der Waals surface area contributed by atoms with Crippen LogP contribution in [-0.2, 0) is 4.79 Å². The quantitative estimate of drug-likeness (QED) is 0.777. The summed E-state index contributed by atoms with van der Waals surface area (Å²) in [5, 5.41) is 2.64. The van der Waals surface area contributed by atoms with E-state index in [9.17, 15) is 14.4 Å². The van der Waals surface area contributed by atoms with Crippen molar-refractivity contribution in [1.82, 2.24) is 5.32 Å². The van der Waals surface area contributed by atoms with Gasteiger partial charge in [0.2, 0.25) is 5.91 Å². The fourth-order valence-corrected chi connectivity index (χ4v) is 2.84. The van der Waals surface area contributed by atoms with Gasteiger partial charge in [-0.2, -0.15) is 0 Å². The van der Waals surface area contributed by atoms with Crippen LogP contribution in [0.15, 0.2) is 36.5 Å². The zero-order valence-corrected chi connectivity index (χ0v) is 10.3. The number of rotatable bonds is 1. The Morgan fingerprint density at radius 3 is 2.16 bits per heavy atom. The summed E-state index contributed by atoms with van der Waals surface area (Å²) in [6.07, 6.45) is 1.12. The molecule has 0 spiro atoms. The van der Waals surface area contributed by atoms with Gasteiger partial charge in [0, 0.05) is 16.8 Å². The van der Waals surface area contributed by atoms with Crippen molar-refractivity contribution >= 4 is 17.5 Å². The summed E-state index contributed by atoms with van der Waals surface area (Å²) in [5.41, 5.74) is 1.53. The van der Waals surface area contributed by atoms with Crippen LogP contribution >= 0.6 is 0 Å². The number of ketones is 2. The Morgan fingerprint density at radius 1 is 1.05 bits per heavy atom. The lowest BCUT2D eigenvalue weighted by Crippen LogP contribution is -2.42. The average Bonchev–Trinajstić information content (AvgIpc) is 2.64. The number of nitrogens with one attached hydrogen (secondary N) is 1. The molecule has 19 heavy (non-hydrogen) atoms. The first-order valence-electron chi connectivity index (χ1n) is 6.25. The molecule has 1 saturated heterocycles. The molecule has 1 N–H and O–H groups in total. The van der Waals surface area contributed by atoms with Crippen LogP contribution < -0.4 is 5.32 Å². The van der Waals surface area contributed by atoms with Crippen LogP contribution in [0, 0.1) is 11.8 Å². The lowest BCUT2D eigenvalue weighted by molar-refractivity contribution is -0.126. The largest absolute Gasteiger partial charge is 0.330 e. The van der Waals surface area contributed by atoms with Crippen molar-refractivity contribution in [2.45, 2.75) is 12.8 Å². The lowest BCUT2D eigenvalue weighted by Gasteiger charge is -2.26. The Balaban J connectivity index is 1.96. The van der Waals surface area contributed by atoms with E-state index in [2.05, 4.69) is 11.9 Å². The molecule has 1 aliphatic carbocycles. The van der Waals surface area contributed by atoms with Gasteiger partial charge in [0.15, 0.2) is 11.6 Å². The normalized spacial score (nSPS) is 23.5. The Hall–Kier alpha value is -2.23. The number of fused-ring (bicyclic) bond motifs is 1. The molecule has 1 fully saturated rings. The highest BCUT2D eigenvalue weighted by molar-refractivity contribution is 6.27. The van der Waals surface area contributed by atoms with Gasteiger partial charge in [-0.15, -0.1) is 0 Å². The summed E-state index contributed by atoms with van der Waals surface area (Å²) in [5.74, 6) is -2.15. The van der Waals surface area contributed by atoms with Crippen molar-refractivity contribution in [2.24, 2.45) is 11.8 Å². The van der Waals surface area contributed by atoms with E-state index in [1.165, 1.54) is 0 Å². The van der Waals surface area contributed by atoms with E-state index >= 15 is 0 Å². The average molecular weight is 255 g/mol. The van der Waals surface area contributed by atoms with E-state index in [1.54, 1.807) is 24.3 Å². The second-order valence-electron chi connectivity index (χ2n) is 4.99. The van der Waals surface area contributed by atoms with Gasteiger partial charge in [-0.05, 0) is 12.8 Å². The second kappa shape index (κ2) is 4.16. The zero-order chi connectivity index (χ0) is 13.6. The molecule has 0 bridgehead atoms. The molecule has 1 unspecified atom stereocenters. The molecular formula is C15H13NO3. The highest BCUT2D eigenvalue weighted by atomic mass is 16.2. The van der Waals surface area contributed by atoms with Crippen molar-refractivity contribution < 1.29 is 14.4 Å². The number of allylic oxidation sites excluding steroid dienone is 1. The zero-order valence-electron chi connectivity index (χ0n) is 10.3. The number of carbonyl (C=O) groups excluding carboxylic acids is 3. The molecule has 1 aliphatic heterocycles. The smallest absolute Gasteiger partial charge is 0.228 e. The van der Waals surface area contributed by atoms with Crippen LogP contribution in [0.25, 0.3) is 0 Å². The summed E-state index contributed by atoms with van der Waals surface area (Å²) >= 11 is 0. The van der Waals surface area contributed by atoms with Crippen molar-refractivity contribution in [3.05, 3.63) is 47.7 Å². The number of carbonyl (C=O) groups is 3. The van der Waals surface area contributed by atoms with Gasteiger partial charge >= 0.3 is 0 Å². The van der Waals surface area contributed by atoms with Gasteiger partial charge < -0.3 is 5.32 Å². The van der Waals surface area contributed by atoms with E-state index in [0.717, 1.165) is 0 Å². The van der Waals surface area contributed by atoms with Crippen molar-refractivity contribution in [3.63, 3.8) is 0 Å². The van der Waals surface area contributed by atoms with Crippen LogP contribution in [0.3, 0.4) is 0 Å². The van der Waals surface area contributed by atoms with Crippen molar-refractivity contribution in [3.8, 4) is 0 Å². The molecular weight excluding hydrogens is 242 g/mol. The van der Waals surface area contributed by atoms with E-state index in [1.807, 2.05) is 0 Å². The Bertz CT molecular complexity index is 583. The molecule has 3 rings (SSSR count). The molecule has 1 amide bonds. The number of piperidine rings is 1. The molecule has 1 atom stereocenters. The van der Waals surface area contributed by atoms with Crippen LogP contribution in [0.4, 0.5) is 0 Å². The minimum atomic E-state index is -0.856. The van der Waals surface area contributed by atoms with E-state index < -0.39 is 11.8 Å². The minimum absolute atomic E-state index is 0.228. The second-order valence-corrected chi connectivity index (χ2v) is 4.99. The third-order valence-electron chi connectivity index (χ3n) is 3.82. The van der Waals surface area contributed by atoms with E-state index in [4.69, 9.17) is 0 Å². The predicted molar refractivity (Wildman–Crippen MR) is 68.6 cm³/mol. The molecule has 0 aromatic heterocycles. The van der Waals surface area contributed by atoms with Crippen LogP contribution in [0.5, 0.6) is 0 Å². The first kappa shape index (κ1) is 11.8. The monoisotopic (exact) mass is 255 g/mol. The lowest BCUT2D eigenvalue weighted by atomic mass is 9.82. The molecule has 1 aromatic rings. The molecule has 4 nitrogen and oxygen atoms in total. The maximum absolute atomic E-state index is 12.3. The van der Waals surface area contributed by atoms with Crippen LogP contribution in [0.2, 0.25) is 0 Å². The summed E-state index contributed by atoms with van der Waals surface area (Å²) < 4.78 is 0. The molecule has 1 aromatic carbocycles. The fourth-order valence-electron chi connectivity index (χ4n) is 2.84. The van der Waals surface area contributed by atoms with Gasteiger partial charge in [0.25, 0.3) is 0 Å². The van der Waals surface area contributed by atoms with Gasteiger partial charge in [0.05, 0.1) is 11.8 Å². The third-order valence-corrected chi connectivity index (χ3v) is 3.82. The molecule has 96 valence electrons. The predicted octanol–water partition coefficient (Wildman–Crippen LogP) is 1.72. The number of hydrogen-bond donors (Lipinski definition) is 1. The first-order chi connectivity index (χ1) is 9.09. The van der Waals surface area contributed by atoms with Gasteiger partial charge in [-0.1, -0.05) is 30.8 Å². The number of Topliss-reactive ketones (excluding diaryl/α,β-unsaturated/α-hetero) is 2. The maximum Gasteiger partial charge on any atom is 0.228 e. The van der Waals surface area contributed by atoms with Crippen molar-refractivity contribution in [1.29, 1.82) is 0 Å². The summed E-state index contributed by atoms with van der Waals surface area (Å²) in [7, 11) is 0. The fraction of sp³-hybridized carbons (Fsp3) is 0.267. The van der Waals surface area contributed by atoms with Gasteiger partial charge in [-0.25, -0.2) is 0 Å². The number of hydrogen-bond acceptors (Lipinski definition) is 3. The molecule has 2 aliphatic rings. The van der Waals surface area contributed by atoms with Gasteiger partial charge in [0.1, 0.15) is 0 Å². The van der Waals surface area contributed by atoms with Crippen molar-refractivity contribution in [2.75, 3.05) is 0 Å². The van der Waals surface area contributed by atoms with E-state index in [0.29, 0.717) is 29.7 Å².